The number of hydrogen-bond acceptors (Lipinski definition) is 3. The van der Waals surface area contributed by atoms with E-state index in [0.717, 1.165) is 36.7 Å². The van der Waals surface area contributed by atoms with Crippen molar-refractivity contribution in [3.63, 3.8) is 0 Å². The molecule has 2 nitrogen and oxygen atoms in total. The number of benzene rings is 1. The molecule has 0 radical (unpaired) electrons. The Morgan fingerprint density at radius 1 is 1.11 bits per heavy atom. The van der Waals surface area contributed by atoms with E-state index in [-0.39, 0.29) is 0 Å². The number of para-hydroxylation sites is 1. The van der Waals surface area contributed by atoms with Gasteiger partial charge in [0.05, 0.1) is 12.3 Å². The summed E-state index contributed by atoms with van der Waals surface area (Å²) in [5, 5.41) is 3.47. The number of thioether (sulfide) groups is 1. The molecule has 1 aromatic heterocycles. The summed E-state index contributed by atoms with van der Waals surface area (Å²) < 4.78 is 5.76. The lowest BCUT2D eigenvalue weighted by Crippen LogP contribution is -2.01. The lowest BCUT2D eigenvalue weighted by molar-refractivity contribution is 0.487. The molecule has 0 spiro atoms. The lowest BCUT2D eigenvalue weighted by Gasteiger charge is -2.10. The van der Waals surface area contributed by atoms with E-state index >= 15 is 0 Å². The predicted octanol–water partition coefficient (Wildman–Crippen LogP) is 4.71. The molecule has 0 bridgehead atoms. The van der Waals surface area contributed by atoms with E-state index < -0.39 is 0 Å². The minimum atomic E-state index is 0.745. The summed E-state index contributed by atoms with van der Waals surface area (Å²) in [6, 6.07) is 12.6. The summed E-state index contributed by atoms with van der Waals surface area (Å²) in [5.74, 6) is 2.98. The van der Waals surface area contributed by atoms with Gasteiger partial charge < -0.3 is 9.73 Å². The molecule has 0 aliphatic carbocycles. The van der Waals surface area contributed by atoms with Gasteiger partial charge in [0.25, 0.3) is 0 Å². The van der Waals surface area contributed by atoms with Crippen LogP contribution in [0.5, 0.6) is 0 Å². The van der Waals surface area contributed by atoms with Gasteiger partial charge in [-0.3, -0.25) is 0 Å². The lowest BCUT2D eigenvalue weighted by atomic mass is 10.1. The van der Waals surface area contributed by atoms with Gasteiger partial charge in [0.1, 0.15) is 11.5 Å². The molecule has 1 heterocycles. The zero-order valence-electron chi connectivity index (χ0n) is 11.6. The highest BCUT2D eigenvalue weighted by atomic mass is 32.2. The van der Waals surface area contributed by atoms with Crippen LogP contribution in [0.1, 0.15) is 30.4 Å². The first-order chi connectivity index (χ1) is 9.33. The second kappa shape index (κ2) is 7.29. The van der Waals surface area contributed by atoms with Crippen molar-refractivity contribution in [3.05, 3.63) is 53.5 Å². The van der Waals surface area contributed by atoms with E-state index in [2.05, 4.69) is 54.9 Å². The number of hydrogen-bond donors (Lipinski definition) is 1. The fourth-order valence-corrected chi connectivity index (χ4v) is 2.54. The molecule has 2 aromatic rings. The summed E-state index contributed by atoms with van der Waals surface area (Å²) in [5.41, 5.74) is 2.59. The zero-order valence-corrected chi connectivity index (χ0v) is 12.4. The second-order valence-electron chi connectivity index (χ2n) is 4.56. The normalized spacial score (nSPS) is 10.6. The number of aryl methyl sites for hydroxylation is 1. The van der Waals surface area contributed by atoms with Crippen LogP contribution in [0.25, 0.3) is 0 Å². The van der Waals surface area contributed by atoms with Gasteiger partial charge in [-0.25, -0.2) is 0 Å². The van der Waals surface area contributed by atoms with Gasteiger partial charge in [-0.15, -0.1) is 0 Å². The van der Waals surface area contributed by atoms with Gasteiger partial charge in [-0.1, -0.05) is 31.5 Å². The maximum atomic E-state index is 5.76. The minimum Gasteiger partial charge on any atom is -0.463 e. The molecule has 102 valence electrons. The van der Waals surface area contributed by atoms with Crippen LogP contribution in [0.2, 0.25) is 0 Å². The summed E-state index contributed by atoms with van der Waals surface area (Å²) in [7, 11) is 0. The van der Waals surface area contributed by atoms with Crippen LogP contribution >= 0.6 is 11.8 Å². The van der Waals surface area contributed by atoms with Crippen LogP contribution in [0, 0.1) is 0 Å². The van der Waals surface area contributed by atoms with Crippen LogP contribution in [0.3, 0.4) is 0 Å². The SMILES string of the molecule is CCCc1ccccc1NCc1ccc(CSC)o1. The first kappa shape index (κ1) is 14.1. The van der Waals surface area contributed by atoms with Gasteiger partial charge in [-0.2, -0.15) is 11.8 Å². The highest BCUT2D eigenvalue weighted by Crippen LogP contribution is 2.19. The Kier molecular flexibility index (Phi) is 5.40. The molecule has 19 heavy (non-hydrogen) atoms. The number of furan rings is 1. The monoisotopic (exact) mass is 275 g/mol. The Morgan fingerprint density at radius 3 is 2.68 bits per heavy atom. The van der Waals surface area contributed by atoms with Crippen LogP contribution in [-0.2, 0) is 18.7 Å². The molecular formula is C16H21NOS. The predicted molar refractivity (Wildman–Crippen MR) is 83.7 cm³/mol. The van der Waals surface area contributed by atoms with Gasteiger partial charge in [0.15, 0.2) is 0 Å². The van der Waals surface area contributed by atoms with Crippen molar-refractivity contribution in [2.45, 2.75) is 32.1 Å². The van der Waals surface area contributed by atoms with E-state index in [1.54, 1.807) is 11.8 Å². The van der Waals surface area contributed by atoms with Crippen molar-refractivity contribution in [2.75, 3.05) is 11.6 Å². The number of anilines is 1. The molecule has 3 heteroatoms. The first-order valence-electron chi connectivity index (χ1n) is 6.71. The van der Waals surface area contributed by atoms with Gasteiger partial charge in [0, 0.05) is 5.69 Å². The Hall–Kier alpha value is -1.35. The zero-order chi connectivity index (χ0) is 13.5. The number of rotatable bonds is 7. The largest absolute Gasteiger partial charge is 0.463 e. The maximum Gasteiger partial charge on any atom is 0.123 e. The van der Waals surface area contributed by atoms with Crippen LogP contribution in [0.15, 0.2) is 40.8 Å². The number of nitrogens with one attached hydrogen (secondary N) is 1. The van der Waals surface area contributed by atoms with E-state index in [4.69, 9.17) is 4.42 Å². The molecular weight excluding hydrogens is 254 g/mol. The van der Waals surface area contributed by atoms with E-state index in [1.807, 2.05) is 0 Å². The van der Waals surface area contributed by atoms with Crippen LogP contribution in [0.4, 0.5) is 5.69 Å². The van der Waals surface area contributed by atoms with Crippen molar-refractivity contribution >= 4 is 17.4 Å². The molecule has 0 aliphatic rings. The summed E-state index contributed by atoms with van der Waals surface area (Å²) in [6.45, 7) is 2.95. The topological polar surface area (TPSA) is 25.2 Å². The Labute approximate surface area is 119 Å². The van der Waals surface area contributed by atoms with E-state index in [1.165, 1.54) is 11.3 Å². The fraction of sp³-hybridized carbons (Fsp3) is 0.375. The summed E-state index contributed by atoms with van der Waals surface area (Å²) in [4.78, 5) is 0. The molecule has 0 amide bonds. The third kappa shape index (κ3) is 4.06. The van der Waals surface area contributed by atoms with Crippen molar-refractivity contribution in [1.29, 1.82) is 0 Å². The minimum absolute atomic E-state index is 0.745. The molecule has 0 saturated heterocycles. The van der Waals surface area contributed by atoms with Crippen molar-refractivity contribution in [3.8, 4) is 0 Å². The van der Waals surface area contributed by atoms with Gasteiger partial charge >= 0.3 is 0 Å². The fourth-order valence-electron chi connectivity index (χ4n) is 2.10. The summed E-state index contributed by atoms with van der Waals surface area (Å²) in [6.07, 6.45) is 4.36. The van der Waals surface area contributed by atoms with Crippen LogP contribution < -0.4 is 5.32 Å². The van der Waals surface area contributed by atoms with Gasteiger partial charge in [0.2, 0.25) is 0 Å². The Balaban J connectivity index is 1.97. The standard InChI is InChI=1S/C16H21NOS/c1-3-6-13-7-4-5-8-16(13)17-11-14-9-10-15(18-14)12-19-2/h4-5,7-10,17H,3,6,11-12H2,1-2H3. The summed E-state index contributed by atoms with van der Waals surface area (Å²) >= 11 is 1.78. The Bertz CT molecular complexity index is 507. The molecule has 0 unspecified atom stereocenters. The highest BCUT2D eigenvalue weighted by Gasteiger charge is 2.04. The van der Waals surface area contributed by atoms with Crippen molar-refractivity contribution in [1.82, 2.24) is 0 Å². The second-order valence-corrected chi connectivity index (χ2v) is 5.43. The highest BCUT2D eigenvalue weighted by molar-refractivity contribution is 7.97. The average Bonchev–Trinajstić information content (AvgIpc) is 2.86. The van der Waals surface area contributed by atoms with E-state index in [9.17, 15) is 0 Å². The maximum absolute atomic E-state index is 5.76. The Morgan fingerprint density at radius 2 is 1.89 bits per heavy atom. The third-order valence-corrected chi connectivity index (χ3v) is 3.57. The molecule has 1 N–H and O–H groups in total. The first-order valence-corrected chi connectivity index (χ1v) is 8.11. The quantitative estimate of drug-likeness (QED) is 0.792. The average molecular weight is 275 g/mol. The third-order valence-electron chi connectivity index (χ3n) is 2.99. The molecule has 0 fully saturated rings. The van der Waals surface area contributed by atoms with Crippen molar-refractivity contribution < 1.29 is 4.42 Å². The smallest absolute Gasteiger partial charge is 0.123 e. The van der Waals surface area contributed by atoms with E-state index in [0.29, 0.717) is 0 Å². The molecule has 0 atom stereocenters. The molecule has 0 aliphatic heterocycles. The van der Waals surface area contributed by atoms with Crippen molar-refractivity contribution in [2.24, 2.45) is 0 Å². The molecule has 0 saturated carbocycles. The molecule has 1 aromatic carbocycles. The van der Waals surface area contributed by atoms with Crippen LogP contribution in [-0.4, -0.2) is 6.26 Å². The van der Waals surface area contributed by atoms with Gasteiger partial charge in [-0.05, 0) is 36.4 Å². The molecule has 2 rings (SSSR count).